The fourth-order valence-corrected chi connectivity index (χ4v) is 7.75. The molecule has 10 N–H and O–H groups in total. The van der Waals surface area contributed by atoms with Crippen LogP contribution in [0.3, 0.4) is 0 Å². The van der Waals surface area contributed by atoms with Crippen molar-refractivity contribution in [3.05, 3.63) is 84.9 Å². The van der Waals surface area contributed by atoms with Gasteiger partial charge in [-0.1, -0.05) is 36.4 Å². The molecule has 2 fully saturated rings. The van der Waals surface area contributed by atoms with E-state index in [0.29, 0.717) is 11.0 Å². The Kier molecular flexibility index (Phi) is 10.3. The Morgan fingerprint density at radius 2 is 1.53 bits per heavy atom. The molecule has 2 unspecified atom stereocenters. The largest absolute Gasteiger partial charge is 0.603 e. The summed E-state index contributed by atoms with van der Waals surface area (Å²) in [6, 6.07) is 16.9. The molecule has 0 spiro atoms. The summed E-state index contributed by atoms with van der Waals surface area (Å²) in [5, 5.41) is 64.6. The molecule has 4 heterocycles. The maximum absolute atomic E-state index is 12.6. The van der Waals surface area contributed by atoms with E-state index in [9.17, 15) is 55.0 Å². The molecule has 274 valence electrons. The number of fused-ring (bicyclic) bond motifs is 1. The maximum atomic E-state index is 12.6. The number of aliphatic hydroxyl groups is 6. The fraction of sp³-hybridized carbons (Fsp3) is 0.345. The van der Waals surface area contributed by atoms with Crippen molar-refractivity contribution in [1.82, 2.24) is 9.55 Å². The van der Waals surface area contributed by atoms with Crippen LogP contribution in [0.1, 0.15) is 10.4 Å². The van der Waals surface area contributed by atoms with Gasteiger partial charge in [-0.3, -0.25) is 14.1 Å². The topological polar surface area (TPSA) is 319 Å². The molecule has 2 saturated heterocycles. The van der Waals surface area contributed by atoms with E-state index in [1.807, 2.05) is 30.3 Å². The second kappa shape index (κ2) is 14.0. The van der Waals surface area contributed by atoms with E-state index in [1.165, 1.54) is 12.1 Å². The lowest BCUT2D eigenvalue weighted by molar-refractivity contribution is -0.859. The Bertz CT molecular complexity index is 1890. The van der Waals surface area contributed by atoms with E-state index in [2.05, 4.69) is 13.8 Å². The minimum Gasteiger partial charge on any atom is -0.603 e. The van der Waals surface area contributed by atoms with Gasteiger partial charge in [0, 0.05) is 10.4 Å². The molecule has 20 nitrogen and oxygen atoms in total. The van der Waals surface area contributed by atoms with Crippen molar-refractivity contribution in [3.8, 4) is 11.1 Å². The number of benzene rings is 2. The molecule has 10 atom stereocenters. The van der Waals surface area contributed by atoms with Crippen molar-refractivity contribution < 1.29 is 82.4 Å². The van der Waals surface area contributed by atoms with Crippen LogP contribution >= 0.6 is 16.3 Å². The van der Waals surface area contributed by atoms with Gasteiger partial charge < -0.3 is 50.9 Å². The van der Waals surface area contributed by atoms with E-state index in [-0.39, 0.29) is 5.56 Å². The number of carbonyl (C=O) groups is 1. The van der Waals surface area contributed by atoms with Gasteiger partial charge in [0.2, 0.25) is 6.10 Å². The third-order valence-corrected chi connectivity index (χ3v) is 10.9. The maximum Gasteiger partial charge on any atom is 0.434 e. The lowest BCUT2D eigenvalue weighted by Gasteiger charge is -2.28. The molecule has 4 aromatic rings. The van der Waals surface area contributed by atoms with Crippen LogP contribution in [0.15, 0.2) is 79.4 Å². The summed E-state index contributed by atoms with van der Waals surface area (Å²) in [5.41, 5.74) is 7.36. The number of carbonyl (C=O) groups excluding carboxylic acids is 1. The molecule has 0 aliphatic carbocycles. The molecule has 2 aromatic heterocycles. The number of amides is 1. The number of hydrogen-bond acceptors (Lipinski definition) is 17. The van der Waals surface area contributed by atoms with E-state index in [4.69, 9.17) is 19.7 Å². The quantitative estimate of drug-likeness (QED) is 0.0497. The van der Waals surface area contributed by atoms with Crippen LogP contribution in [0.25, 0.3) is 22.2 Å². The summed E-state index contributed by atoms with van der Waals surface area (Å²) in [6.45, 7) is -2.17. The van der Waals surface area contributed by atoms with Gasteiger partial charge in [-0.05, 0) is 29.3 Å². The van der Waals surface area contributed by atoms with Crippen molar-refractivity contribution in [2.24, 2.45) is 5.73 Å². The SMILES string of the molecule is NC(=O)c1ccc[n+]([C@@]2(O)O[C@H](CO[P+]([O-])(O)O[P+]([O-])(O)OC[C@H]3O[C@](O)(n4cnc5ccc(-c6ccccc6)cc54)[C@H](O)[C@@H]3O)[C@@H](O)[C@H]2O)c1. The molecule has 1 amide bonds. The van der Waals surface area contributed by atoms with Crippen LogP contribution in [0.5, 0.6) is 0 Å². The molecule has 2 aliphatic heterocycles. The summed E-state index contributed by atoms with van der Waals surface area (Å²) in [6.07, 6.45) is -8.13. The zero-order chi connectivity index (χ0) is 36.9. The van der Waals surface area contributed by atoms with Crippen molar-refractivity contribution >= 4 is 33.3 Å². The van der Waals surface area contributed by atoms with Crippen molar-refractivity contribution in [2.45, 2.75) is 48.4 Å². The molecule has 0 bridgehead atoms. The third-order valence-electron chi connectivity index (χ3n) is 8.29. The van der Waals surface area contributed by atoms with Gasteiger partial charge in [0.15, 0.2) is 18.5 Å². The summed E-state index contributed by atoms with van der Waals surface area (Å²) in [5.74, 6) is -6.25. The van der Waals surface area contributed by atoms with E-state index in [0.717, 1.165) is 39.0 Å². The van der Waals surface area contributed by atoms with Crippen LogP contribution in [0, 0.1) is 0 Å². The van der Waals surface area contributed by atoms with E-state index >= 15 is 0 Å². The van der Waals surface area contributed by atoms with Crippen LogP contribution in [-0.4, -0.2) is 106 Å². The second-order valence-corrected chi connectivity index (χ2v) is 14.7. The van der Waals surface area contributed by atoms with Crippen LogP contribution in [0.4, 0.5) is 0 Å². The highest BCUT2D eigenvalue weighted by Gasteiger charge is 2.62. The van der Waals surface area contributed by atoms with Gasteiger partial charge in [0.1, 0.15) is 49.5 Å². The van der Waals surface area contributed by atoms with E-state index < -0.39 is 83.9 Å². The molecule has 2 aromatic carbocycles. The summed E-state index contributed by atoms with van der Waals surface area (Å²) >= 11 is 0. The summed E-state index contributed by atoms with van der Waals surface area (Å²) in [4.78, 5) is 61.2. The number of phosphoric acid groups is 2. The third kappa shape index (κ3) is 7.38. The van der Waals surface area contributed by atoms with Gasteiger partial charge in [0.05, 0.1) is 11.0 Å². The number of rotatable bonds is 12. The summed E-state index contributed by atoms with van der Waals surface area (Å²) in [7, 11) is -11.1. The molecule has 2 aliphatic rings. The van der Waals surface area contributed by atoms with Gasteiger partial charge in [0.25, 0.3) is 11.8 Å². The number of aromatic nitrogens is 3. The highest BCUT2D eigenvalue weighted by Crippen LogP contribution is 2.65. The molecular weight excluding hydrogens is 722 g/mol. The Hall–Kier alpha value is -3.21. The average molecular weight is 756 g/mol. The first-order valence-electron chi connectivity index (χ1n) is 15.0. The monoisotopic (exact) mass is 755 g/mol. The first kappa shape index (κ1) is 37.5. The van der Waals surface area contributed by atoms with Crippen molar-refractivity contribution in [2.75, 3.05) is 13.2 Å². The normalized spacial score (nSPS) is 31.8. The Balaban J connectivity index is 1.08. The Morgan fingerprint density at radius 1 is 0.902 bits per heavy atom. The number of aliphatic hydroxyl groups excluding tert-OH is 4. The zero-order valence-electron chi connectivity index (χ0n) is 26.0. The zero-order valence-corrected chi connectivity index (χ0v) is 27.8. The van der Waals surface area contributed by atoms with Crippen molar-refractivity contribution in [3.63, 3.8) is 0 Å². The number of imidazole rings is 1. The van der Waals surface area contributed by atoms with Crippen molar-refractivity contribution in [1.29, 1.82) is 0 Å². The van der Waals surface area contributed by atoms with Crippen LogP contribution in [-0.2, 0) is 34.7 Å². The molecule has 0 radical (unpaired) electrons. The highest BCUT2D eigenvalue weighted by molar-refractivity contribution is 7.66. The lowest BCUT2D eigenvalue weighted by Crippen LogP contribution is -2.63. The number of pyridine rings is 1. The first-order valence-corrected chi connectivity index (χ1v) is 18.0. The number of primary amides is 1. The first-order chi connectivity index (χ1) is 23.9. The second-order valence-electron chi connectivity index (χ2n) is 11.7. The van der Waals surface area contributed by atoms with Crippen LogP contribution in [0.2, 0.25) is 0 Å². The van der Waals surface area contributed by atoms with Crippen LogP contribution < -0.4 is 20.1 Å². The van der Waals surface area contributed by atoms with E-state index in [1.54, 1.807) is 18.2 Å². The standard InChI is InChI=1S/C29H32N4O16P2/c30-27(38)18-7-4-10-32(12-18)28(39)25(36)23(34)21(47-28)13-45-50(41,42)49-51(43,44)46-14-22-24(35)26(37)29(40,48-22)33-15-31-19-9-8-17(11-20(19)33)16-5-2-1-3-6-16/h1-12,15,21-26,34-37,39-40H,13-14H2,(H3-,30,38,41,42,43,44)/p+1/t21-,22-,23-,24-,25-,26-,28+,29+/m1/s1. The number of nitrogens with zero attached hydrogens (tertiary/aromatic N) is 3. The number of hydrogen-bond donors (Lipinski definition) is 9. The number of nitrogens with two attached hydrogens (primary N) is 1. The molecule has 22 heteroatoms. The molecular formula is C29H33N4O16P2+. The molecule has 51 heavy (non-hydrogen) atoms. The Morgan fingerprint density at radius 3 is 2.18 bits per heavy atom. The lowest BCUT2D eigenvalue weighted by atomic mass is 10.0. The van der Waals surface area contributed by atoms with Gasteiger partial charge in [-0.2, -0.15) is 18.8 Å². The predicted octanol–water partition coefficient (Wildman–Crippen LogP) is -3.65. The minimum absolute atomic E-state index is 0.106. The average Bonchev–Trinajstić information content (AvgIpc) is 3.70. The predicted molar refractivity (Wildman–Crippen MR) is 166 cm³/mol. The Labute approximate surface area is 288 Å². The number of ether oxygens (including phenoxy) is 2. The van der Waals surface area contributed by atoms with Gasteiger partial charge in [-0.25, -0.2) is 4.98 Å². The summed E-state index contributed by atoms with van der Waals surface area (Å²) < 4.78 is 26.2. The smallest absolute Gasteiger partial charge is 0.434 e. The highest BCUT2D eigenvalue weighted by atomic mass is 31.3. The van der Waals surface area contributed by atoms with Gasteiger partial charge in [-0.15, -0.1) is 4.57 Å². The number of phosphoric ester groups is 2. The van der Waals surface area contributed by atoms with Gasteiger partial charge >= 0.3 is 22.3 Å². The molecule has 6 rings (SSSR count). The molecule has 0 saturated carbocycles. The minimum atomic E-state index is -5.53. The fourth-order valence-electron chi connectivity index (χ4n) is 5.66.